The highest BCUT2D eigenvalue weighted by Crippen LogP contribution is 2.62. The van der Waals surface area contributed by atoms with Crippen molar-refractivity contribution in [3.8, 4) is 11.8 Å². The van der Waals surface area contributed by atoms with E-state index >= 15 is 0 Å². The number of amides is 1. The summed E-state index contributed by atoms with van der Waals surface area (Å²) < 4.78 is 5.65. The van der Waals surface area contributed by atoms with Gasteiger partial charge in [0.05, 0.1) is 22.5 Å². The molecule has 4 atom stereocenters. The number of anilines is 1. The molecular formula is C35H24ClN3O4. The molecule has 1 fully saturated rings. The summed E-state index contributed by atoms with van der Waals surface area (Å²) in [5.41, 5.74) is 1.95. The fourth-order valence-electron chi connectivity index (χ4n) is 7.06. The molecule has 0 aliphatic carbocycles. The minimum Gasteiger partial charge on any atom is -0.478 e. The molecule has 1 saturated heterocycles. The third kappa shape index (κ3) is 3.84. The fraction of sp³-hybridized carbons (Fsp3) is 0.143. The van der Waals surface area contributed by atoms with Crippen molar-refractivity contribution in [2.75, 3.05) is 11.9 Å². The van der Waals surface area contributed by atoms with Crippen LogP contribution < -0.4 is 10.1 Å². The third-order valence-corrected chi connectivity index (χ3v) is 9.04. The highest BCUT2D eigenvalue weighted by molar-refractivity contribution is 6.34. The van der Waals surface area contributed by atoms with Gasteiger partial charge in [0.1, 0.15) is 23.3 Å². The number of fused-ring (bicyclic) bond motifs is 6. The van der Waals surface area contributed by atoms with Gasteiger partial charge in [-0.2, -0.15) is 5.26 Å². The summed E-state index contributed by atoms with van der Waals surface area (Å²) in [5.74, 6) is -2.11. The summed E-state index contributed by atoms with van der Waals surface area (Å²) >= 11 is 6.61. The van der Waals surface area contributed by atoms with Gasteiger partial charge in [-0.05, 0) is 53.1 Å². The van der Waals surface area contributed by atoms with Crippen LogP contribution in [-0.4, -0.2) is 35.0 Å². The number of benzene rings is 4. The molecule has 1 spiro atoms. The molecule has 7 nitrogen and oxygen atoms in total. The Morgan fingerprint density at radius 2 is 1.60 bits per heavy atom. The van der Waals surface area contributed by atoms with Gasteiger partial charge in [0.25, 0.3) is 0 Å². The van der Waals surface area contributed by atoms with Gasteiger partial charge in [-0.1, -0.05) is 78.3 Å². The predicted molar refractivity (Wildman–Crippen MR) is 162 cm³/mol. The number of nitrogens with one attached hydrogen (secondary N) is 1. The lowest BCUT2D eigenvalue weighted by atomic mass is 9.62. The number of halogens is 1. The van der Waals surface area contributed by atoms with Crippen LogP contribution in [0, 0.1) is 17.2 Å². The number of hydrogen-bond donors (Lipinski definition) is 1. The molecule has 3 heterocycles. The minimum absolute atomic E-state index is 0.217. The molecule has 0 radical (unpaired) electrons. The van der Waals surface area contributed by atoms with Crippen LogP contribution in [0.3, 0.4) is 0 Å². The lowest BCUT2D eigenvalue weighted by Gasteiger charge is -2.38. The van der Waals surface area contributed by atoms with Crippen LogP contribution in [0.15, 0.2) is 103 Å². The Kier molecular flexibility index (Phi) is 6.37. The first-order valence-corrected chi connectivity index (χ1v) is 14.2. The standard InChI is InChI=1S/C35H24ClN3O4/c36-26-14-6-3-11-23(26)31(40)29-30(32(41)24-12-4-8-16-28(24)43-20-18-37)39-19-17-21-9-1-2-10-22(21)33(39)35(29)25-13-5-7-15-27(25)38-34(35)42/h1-17,19,29-30,33H,20H2,(H,38,42)/t29-,30-,33+,35+/m0/s1. The second-order valence-electron chi connectivity index (χ2n) is 10.7. The van der Waals surface area contributed by atoms with Crippen molar-refractivity contribution >= 4 is 40.8 Å². The van der Waals surface area contributed by atoms with E-state index in [4.69, 9.17) is 21.6 Å². The summed E-state index contributed by atoms with van der Waals surface area (Å²) in [6.07, 6.45) is 3.71. The van der Waals surface area contributed by atoms with Crippen LogP contribution >= 0.6 is 11.6 Å². The number of carbonyl (C=O) groups excluding carboxylic acids is 3. The molecule has 0 aromatic heterocycles. The SMILES string of the molecule is N#CCOc1ccccc1C(=O)[C@@H]1[C@@H](C(=O)c2ccccc2Cl)[C@@]2(C(=O)Nc3ccccc32)[C@H]2c3ccccc3C=CN12. The van der Waals surface area contributed by atoms with Gasteiger partial charge in [-0.3, -0.25) is 14.4 Å². The molecule has 1 amide bonds. The zero-order valence-electron chi connectivity index (χ0n) is 22.7. The number of hydrogen-bond acceptors (Lipinski definition) is 6. The number of nitriles is 1. The van der Waals surface area contributed by atoms with E-state index in [-0.39, 0.29) is 34.4 Å². The van der Waals surface area contributed by atoms with Crippen molar-refractivity contribution in [1.82, 2.24) is 4.90 Å². The Morgan fingerprint density at radius 3 is 2.42 bits per heavy atom. The number of para-hydroxylation sites is 2. The van der Waals surface area contributed by atoms with Crippen LogP contribution in [0.25, 0.3) is 6.08 Å². The first-order chi connectivity index (χ1) is 21.0. The maximum Gasteiger partial charge on any atom is 0.238 e. The smallest absolute Gasteiger partial charge is 0.238 e. The van der Waals surface area contributed by atoms with E-state index in [9.17, 15) is 14.4 Å². The summed E-state index contributed by atoms with van der Waals surface area (Å²) in [7, 11) is 0. The van der Waals surface area contributed by atoms with Gasteiger partial charge in [-0.15, -0.1) is 0 Å². The molecule has 210 valence electrons. The number of ketones is 2. The number of carbonyl (C=O) groups is 3. The molecule has 4 aromatic rings. The predicted octanol–water partition coefficient (Wildman–Crippen LogP) is 6.22. The highest BCUT2D eigenvalue weighted by Gasteiger charge is 2.71. The molecule has 3 aliphatic heterocycles. The van der Waals surface area contributed by atoms with Crippen molar-refractivity contribution in [2.45, 2.75) is 17.5 Å². The molecule has 0 saturated carbocycles. The van der Waals surface area contributed by atoms with E-state index in [0.717, 1.165) is 11.1 Å². The number of ether oxygens (including phenoxy) is 1. The highest BCUT2D eigenvalue weighted by atomic mass is 35.5. The van der Waals surface area contributed by atoms with E-state index in [1.807, 2.05) is 71.8 Å². The van der Waals surface area contributed by atoms with Crippen LogP contribution in [0.5, 0.6) is 5.75 Å². The first kappa shape index (κ1) is 26.7. The van der Waals surface area contributed by atoms with Crippen LogP contribution in [0.4, 0.5) is 5.69 Å². The van der Waals surface area contributed by atoms with Crippen LogP contribution in [0.1, 0.15) is 43.4 Å². The normalized spacial score (nSPS) is 22.7. The Labute approximate surface area is 253 Å². The van der Waals surface area contributed by atoms with Crippen molar-refractivity contribution in [2.24, 2.45) is 5.92 Å². The van der Waals surface area contributed by atoms with E-state index in [2.05, 4.69) is 5.32 Å². The second-order valence-corrected chi connectivity index (χ2v) is 11.1. The van der Waals surface area contributed by atoms with Crippen LogP contribution in [0.2, 0.25) is 5.02 Å². The lowest BCUT2D eigenvalue weighted by molar-refractivity contribution is -0.122. The van der Waals surface area contributed by atoms with Gasteiger partial charge < -0.3 is 15.0 Å². The molecule has 3 aliphatic rings. The maximum atomic E-state index is 14.9. The maximum absolute atomic E-state index is 14.9. The third-order valence-electron chi connectivity index (χ3n) is 8.71. The van der Waals surface area contributed by atoms with E-state index in [0.29, 0.717) is 11.3 Å². The number of nitrogens with zero attached hydrogens (tertiary/aromatic N) is 2. The Hall–Kier alpha value is -5.19. The zero-order chi connectivity index (χ0) is 29.7. The Morgan fingerprint density at radius 1 is 0.907 bits per heavy atom. The summed E-state index contributed by atoms with van der Waals surface area (Å²) in [5, 5.41) is 12.4. The topological polar surface area (TPSA) is 99.5 Å². The van der Waals surface area contributed by atoms with Crippen molar-refractivity contribution in [3.63, 3.8) is 0 Å². The first-order valence-electron chi connectivity index (χ1n) is 13.9. The van der Waals surface area contributed by atoms with Crippen molar-refractivity contribution in [3.05, 3.63) is 136 Å². The summed E-state index contributed by atoms with van der Waals surface area (Å²) in [6, 6.07) is 28.6. The van der Waals surface area contributed by atoms with Gasteiger partial charge in [0.15, 0.2) is 18.2 Å². The lowest BCUT2D eigenvalue weighted by Crippen LogP contribution is -2.49. The van der Waals surface area contributed by atoms with E-state index in [1.165, 1.54) is 0 Å². The van der Waals surface area contributed by atoms with Crippen molar-refractivity contribution < 1.29 is 19.1 Å². The molecule has 8 heteroatoms. The van der Waals surface area contributed by atoms with Gasteiger partial charge in [-0.25, -0.2) is 0 Å². The molecule has 1 N–H and O–H groups in total. The van der Waals surface area contributed by atoms with Gasteiger partial charge >= 0.3 is 0 Å². The average Bonchev–Trinajstić information content (AvgIpc) is 3.52. The molecule has 0 bridgehead atoms. The molecule has 0 unspecified atom stereocenters. The Balaban J connectivity index is 1.53. The van der Waals surface area contributed by atoms with E-state index < -0.39 is 35.0 Å². The van der Waals surface area contributed by atoms with E-state index in [1.54, 1.807) is 48.5 Å². The van der Waals surface area contributed by atoms with Gasteiger partial charge in [0.2, 0.25) is 5.91 Å². The molecular weight excluding hydrogens is 562 g/mol. The Bertz CT molecular complexity index is 1900. The number of rotatable bonds is 6. The molecule has 4 aromatic carbocycles. The minimum atomic E-state index is -1.48. The van der Waals surface area contributed by atoms with Crippen LogP contribution in [-0.2, 0) is 10.2 Å². The average molecular weight is 586 g/mol. The summed E-state index contributed by atoms with van der Waals surface area (Å²) in [4.78, 5) is 46.1. The summed E-state index contributed by atoms with van der Waals surface area (Å²) in [6.45, 7) is -0.254. The fourth-order valence-corrected chi connectivity index (χ4v) is 7.29. The quantitative estimate of drug-likeness (QED) is 0.270. The molecule has 43 heavy (non-hydrogen) atoms. The molecule has 7 rings (SSSR count). The zero-order valence-corrected chi connectivity index (χ0v) is 23.5. The van der Waals surface area contributed by atoms with Gasteiger partial charge in [0, 0.05) is 17.5 Å². The monoisotopic (exact) mass is 585 g/mol. The number of Topliss-reactive ketones (excluding diaryl/α,β-unsaturated/α-hetero) is 2. The second kappa shape index (κ2) is 10.3. The van der Waals surface area contributed by atoms with Crippen molar-refractivity contribution in [1.29, 1.82) is 5.26 Å². The largest absolute Gasteiger partial charge is 0.478 e.